The lowest BCUT2D eigenvalue weighted by atomic mass is 9.83. The Balaban J connectivity index is 1.86. The van der Waals surface area contributed by atoms with Crippen molar-refractivity contribution in [3.63, 3.8) is 0 Å². The SMILES string of the molecule is COCCNC(=S)NCCC1CCC1. The van der Waals surface area contributed by atoms with Crippen LogP contribution in [0.3, 0.4) is 0 Å². The summed E-state index contributed by atoms with van der Waals surface area (Å²) in [7, 11) is 1.69. The standard InChI is InChI=1S/C10H20N2OS/c1-13-8-7-12-10(14)11-6-5-9-3-2-4-9/h9H,2-8H2,1H3,(H2,11,12,14). The van der Waals surface area contributed by atoms with Crippen LogP contribution in [0.2, 0.25) is 0 Å². The van der Waals surface area contributed by atoms with Gasteiger partial charge in [0.05, 0.1) is 6.61 Å². The molecule has 0 radical (unpaired) electrons. The zero-order valence-electron chi connectivity index (χ0n) is 8.84. The van der Waals surface area contributed by atoms with Crippen molar-refractivity contribution in [3.05, 3.63) is 0 Å². The van der Waals surface area contributed by atoms with Crippen molar-refractivity contribution in [2.45, 2.75) is 25.7 Å². The lowest BCUT2D eigenvalue weighted by Crippen LogP contribution is -2.38. The number of nitrogens with one attached hydrogen (secondary N) is 2. The molecular formula is C10H20N2OS. The van der Waals surface area contributed by atoms with E-state index < -0.39 is 0 Å². The van der Waals surface area contributed by atoms with Gasteiger partial charge in [-0.2, -0.15) is 0 Å². The van der Waals surface area contributed by atoms with Gasteiger partial charge in [0.1, 0.15) is 0 Å². The summed E-state index contributed by atoms with van der Waals surface area (Å²) in [4.78, 5) is 0. The number of hydrogen-bond acceptors (Lipinski definition) is 2. The molecule has 0 spiro atoms. The van der Waals surface area contributed by atoms with Crippen LogP contribution in [0, 0.1) is 5.92 Å². The Bertz CT molecular complexity index is 172. The fourth-order valence-electron chi connectivity index (χ4n) is 1.50. The molecule has 0 atom stereocenters. The summed E-state index contributed by atoms with van der Waals surface area (Å²) in [5.41, 5.74) is 0. The molecule has 0 aromatic rings. The van der Waals surface area contributed by atoms with Crippen LogP contribution >= 0.6 is 12.2 Å². The van der Waals surface area contributed by atoms with E-state index in [0.717, 1.165) is 24.1 Å². The maximum Gasteiger partial charge on any atom is 0.166 e. The van der Waals surface area contributed by atoms with Crippen molar-refractivity contribution in [1.29, 1.82) is 0 Å². The van der Waals surface area contributed by atoms with Gasteiger partial charge in [-0.05, 0) is 24.6 Å². The van der Waals surface area contributed by atoms with Crippen molar-refractivity contribution in [3.8, 4) is 0 Å². The van der Waals surface area contributed by atoms with Gasteiger partial charge in [0, 0.05) is 20.2 Å². The molecule has 1 aliphatic rings. The van der Waals surface area contributed by atoms with E-state index in [9.17, 15) is 0 Å². The average Bonchev–Trinajstić information content (AvgIpc) is 2.10. The van der Waals surface area contributed by atoms with E-state index in [2.05, 4.69) is 10.6 Å². The molecule has 1 rings (SSSR count). The molecule has 0 unspecified atom stereocenters. The maximum atomic E-state index is 5.10. The highest BCUT2D eigenvalue weighted by molar-refractivity contribution is 7.80. The van der Waals surface area contributed by atoms with Crippen LogP contribution in [0.1, 0.15) is 25.7 Å². The van der Waals surface area contributed by atoms with Gasteiger partial charge in [-0.3, -0.25) is 0 Å². The Morgan fingerprint density at radius 3 is 2.64 bits per heavy atom. The van der Waals surface area contributed by atoms with Crippen LogP contribution in [-0.4, -0.2) is 31.9 Å². The Kier molecular flexibility index (Phi) is 5.87. The largest absolute Gasteiger partial charge is 0.383 e. The van der Waals surface area contributed by atoms with Crippen LogP contribution in [0.15, 0.2) is 0 Å². The van der Waals surface area contributed by atoms with Gasteiger partial charge >= 0.3 is 0 Å². The lowest BCUT2D eigenvalue weighted by Gasteiger charge is -2.25. The number of ether oxygens (including phenoxy) is 1. The first-order chi connectivity index (χ1) is 6.83. The summed E-state index contributed by atoms with van der Waals surface area (Å²) in [6, 6.07) is 0. The van der Waals surface area contributed by atoms with Gasteiger partial charge in [0.2, 0.25) is 0 Å². The molecule has 3 nitrogen and oxygen atoms in total. The second kappa shape index (κ2) is 7.01. The summed E-state index contributed by atoms with van der Waals surface area (Å²) >= 11 is 5.10. The monoisotopic (exact) mass is 216 g/mol. The van der Waals surface area contributed by atoms with Crippen molar-refractivity contribution >= 4 is 17.3 Å². The van der Waals surface area contributed by atoms with Gasteiger partial charge < -0.3 is 15.4 Å². The molecule has 2 N–H and O–H groups in total. The summed E-state index contributed by atoms with van der Waals surface area (Å²) in [5.74, 6) is 0.948. The predicted octanol–water partition coefficient (Wildman–Crippen LogP) is 1.29. The zero-order valence-corrected chi connectivity index (χ0v) is 9.66. The second-order valence-electron chi connectivity index (χ2n) is 3.76. The minimum absolute atomic E-state index is 0.699. The Morgan fingerprint density at radius 2 is 2.07 bits per heavy atom. The third kappa shape index (κ3) is 4.77. The van der Waals surface area contributed by atoms with Gasteiger partial charge in [0.15, 0.2) is 5.11 Å². The predicted molar refractivity (Wildman–Crippen MR) is 62.4 cm³/mol. The van der Waals surface area contributed by atoms with E-state index in [1.54, 1.807) is 7.11 Å². The van der Waals surface area contributed by atoms with E-state index in [1.807, 2.05) is 0 Å². The van der Waals surface area contributed by atoms with Crippen LogP contribution < -0.4 is 10.6 Å². The molecule has 4 heteroatoms. The Morgan fingerprint density at radius 1 is 1.36 bits per heavy atom. The molecular weight excluding hydrogens is 196 g/mol. The molecule has 0 amide bonds. The summed E-state index contributed by atoms with van der Waals surface area (Å²) in [5, 5.41) is 7.05. The third-order valence-corrected chi connectivity index (χ3v) is 2.94. The first kappa shape index (κ1) is 11.7. The molecule has 0 aromatic carbocycles. The summed E-state index contributed by atoms with van der Waals surface area (Å²) < 4.78 is 4.91. The molecule has 0 aromatic heterocycles. The third-order valence-electron chi connectivity index (χ3n) is 2.65. The van der Waals surface area contributed by atoms with E-state index >= 15 is 0 Å². The molecule has 14 heavy (non-hydrogen) atoms. The molecule has 1 saturated carbocycles. The minimum atomic E-state index is 0.699. The van der Waals surface area contributed by atoms with Crippen LogP contribution in [0.25, 0.3) is 0 Å². The number of rotatable bonds is 6. The van der Waals surface area contributed by atoms with Crippen LogP contribution in [-0.2, 0) is 4.74 Å². The first-order valence-corrected chi connectivity index (χ1v) is 5.74. The van der Waals surface area contributed by atoms with Crippen LogP contribution in [0.5, 0.6) is 0 Å². The number of thiocarbonyl (C=S) groups is 1. The highest BCUT2D eigenvalue weighted by Gasteiger charge is 2.16. The Labute approximate surface area is 91.6 Å². The van der Waals surface area contributed by atoms with Gasteiger partial charge in [0.25, 0.3) is 0 Å². The normalized spacial score (nSPS) is 16.1. The maximum absolute atomic E-state index is 5.10. The van der Waals surface area contributed by atoms with Crippen molar-refractivity contribution in [1.82, 2.24) is 10.6 Å². The van der Waals surface area contributed by atoms with Gasteiger partial charge in [-0.15, -0.1) is 0 Å². The van der Waals surface area contributed by atoms with Crippen molar-refractivity contribution < 1.29 is 4.74 Å². The summed E-state index contributed by atoms with van der Waals surface area (Å²) in [6.07, 6.45) is 5.49. The zero-order chi connectivity index (χ0) is 10.2. The molecule has 1 fully saturated rings. The highest BCUT2D eigenvalue weighted by Crippen LogP contribution is 2.28. The molecule has 0 bridgehead atoms. The van der Waals surface area contributed by atoms with Crippen molar-refractivity contribution in [2.75, 3.05) is 26.8 Å². The minimum Gasteiger partial charge on any atom is -0.383 e. The van der Waals surface area contributed by atoms with E-state index in [4.69, 9.17) is 17.0 Å². The van der Waals surface area contributed by atoms with E-state index in [-0.39, 0.29) is 0 Å². The molecule has 82 valence electrons. The molecule has 0 saturated heterocycles. The van der Waals surface area contributed by atoms with E-state index in [0.29, 0.717) is 6.61 Å². The topological polar surface area (TPSA) is 33.3 Å². The number of methoxy groups -OCH3 is 1. The van der Waals surface area contributed by atoms with Gasteiger partial charge in [-0.25, -0.2) is 0 Å². The Hall–Kier alpha value is -0.350. The fraction of sp³-hybridized carbons (Fsp3) is 0.900. The smallest absolute Gasteiger partial charge is 0.166 e. The molecule has 0 aliphatic heterocycles. The number of hydrogen-bond donors (Lipinski definition) is 2. The van der Waals surface area contributed by atoms with Crippen molar-refractivity contribution in [2.24, 2.45) is 5.92 Å². The first-order valence-electron chi connectivity index (χ1n) is 5.33. The quantitative estimate of drug-likeness (QED) is 0.518. The second-order valence-corrected chi connectivity index (χ2v) is 4.17. The fourth-order valence-corrected chi connectivity index (χ4v) is 1.70. The average molecular weight is 216 g/mol. The summed E-state index contributed by atoms with van der Waals surface area (Å²) in [6.45, 7) is 2.49. The van der Waals surface area contributed by atoms with Crippen LogP contribution in [0.4, 0.5) is 0 Å². The molecule has 1 aliphatic carbocycles. The lowest BCUT2D eigenvalue weighted by molar-refractivity contribution is 0.204. The molecule has 0 heterocycles. The van der Waals surface area contributed by atoms with E-state index in [1.165, 1.54) is 25.7 Å². The van der Waals surface area contributed by atoms with Gasteiger partial charge in [-0.1, -0.05) is 19.3 Å². The highest BCUT2D eigenvalue weighted by atomic mass is 32.1.